The topological polar surface area (TPSA) is 54.2 Å². The van der Waals surface area contributed by atoms with E-state index in [2.05, 4.69) is 39.5 Å². The van der Waals surface area contributed by atoms with E-state index in [0.29, 0.717) is 18.3 Å². The summed E-state index contributed by atoms with van der Waals surface area (Å²) in [6.07, 6.45) is 0. The first-order valence-corrected chi connectivity index (χ1v) is 5.87. The molecule has 0 spiro atoms. The fraction of sp³-hybridized carbons (Fsp3) is 0.385. The first-order chi connectivity index (χ1) is 8.56. The molecule has 0 atom stereocenters. The third-order valence-corrected chi connectivity index (χ3v) is 2.70. The molecule has 0 aliphatic rings. The molecule has 0 amide bonds. The van der Waals surface area contributed by atoms with Gasteiger partial charge in [-0.2, -0.15) is 0 Å². The van der Waals surface area contributed by atoms with E-state index in [4.69, 9.17) is 4.42 Å². The van der Waals surface area contributed by atoms with E-state index >= 15 is 0 Å². The maximum atomic E-state index is 5.31. The number of anilines is 2. The Morgan fingerprint density at radius 1 is 1.22 bits per heavy atom. The van der Waals surface area contributed by atoms with Gasteiger partial charge in [-0.05, 0) is 24.6 Å². The van der Waals surface area contributed by atoms with Crippen LogP contribution in [-0.4, -0.2) is 24.3 Å². The van der Waals surface area contributed by atoms with Gasteiger partial charge in [-0.25, -0.2) is 0 Å². The highest BCUT2D eigenvalue weighted by molar-refractivity contribution is 5.61. The number of benzene rings is 1. The van der Waals surface area contributed by atoms with Crippen molar-refractivity contribution in [2.45, 2.75) is 20.4 Å². The van der Waals surface area contributed by atoms with Gasteiger partial charge in [0.2, 0.25) is 11.8 Å². The molecule has 5 nitrogen and oxygen atoms in total. The summed E-state index contributed by atoms with van der Waals surface area (Å²) in [5.41, 5.74) is 3.49. The minimum absolute atomic E-state index is 0.538. The number of aryl methyl sites for hydroxylation is 2. The summed E-state index contributed by atoms with van der Waals surface area (Å²) in [4.78, 5) is 2.09. The van der Waals surface area contributed by atoms with Gasteiger partial charge in [-0.3, -0.25) is 0 Å². The third-order valence-electron chi connectivity index (χ3n) is 2.70. The molecule has 0 fully saturated rings. The fourth-order valence-electron chi connectivity index (χ4n) is 1.79. The van der Waals surface area contributed by atoms with Crippen LogP contribution < -0.4 is 10.2 Å². The molecule has 0 unspecified atom stereocenters. The van der Waals surface area contributed by atoms with Gasteiger partial charge in [0.15, 0.2) is 0 Å². The summed E-state index contributed by atoms with van der Waals surface area (Å²) < 4.78 is 5.31. The molecule has 1 aromatic carbocycles. The second-order valence-electron chi connectivity index (χ2n) is 4.46. The molecule has 96 valence electrons. The minimum atomic E-state index is 0.538. The summed E-state index contributed by atoms with van der Waals surface area (Å²) >= 11 is 0. The molecule has 1 N–H and O–H groups in total. The zero-order chi connectivity index (χ0) is 13.1. The van der Waals surface area contributed by atoms with Crippen molar-refractivity contribution < 1.29 is 4.42 Å². The second-order valence-corrected chi connectivity index (χ2v) is 4.46. The van der Waals surface area contributed by atoms with Crippen LogP contribution in [0.2, 0.25) is 0 Å². The quantitative estimate of drug-likeness (QED) is 0.897. The van der Waals surface area contributed by atoms with Gasteiger partial charge in [0.05, 0.1) is 6.54 Å². The number of aromatic nitrogens is 2. The molecular weight excluding hydrogens is 228 g/mol. The Morgan fingerprint density at radius 2 is 2.00 bits per heavy atom. The molecule has 2 rings (SSSR count). The summed E-state index contributed by atoms with van der Waals surface area (Å²) in [6.45, 7) is 4.42. The number of nitrogens with one attached hydrogen (secondary N) is 1. The largest absolute Gasteiger partial charge is 0.424 e. The first kappa shape index (κ1) is 12.4. The van der Waals surface area contributed by atoms with Crippen LogP contribution in [0.15, 0.2) is 22.6 Å². The molecule has 2 aromatic rings. The van der Waals surface area contributed by atoms with Crippen LogP contribution in [0.3, 0.4) is 0 Å². The van der Waals surface area contributed by atoms with Gasteiger partial charge >= 0.3 is 0 Å². The molecule has 18 heavy (non-hydrogen) atoms. The molecule has 0 aliphatic carbocycles. The van der Waals surface area contributed by atoms with Crippen molar-refractivity contribution in [1.82, 2.24) is 10.2 Å². The smallest absolute Gasteiger partial charge is 0.235 e. The monoisotopic (exact) mass is 246 g/mol. The van der Waals surface area contributed by atoms with Crippen molar-refractivity contribution in [3.05, 3.63) is 35.5 Å². The van der Waals surface area contributed by atoms with Crippen molar-refractivity contribution >= 4 is 11.4 Å². The maximum absolute atomic E-state index is 5.31. The van der Waals surface area contributed by atoms with E-state index in [1.807, 2.05) is 20.2 Å². The molecule has 1 heterocycles. The number of hydrogen-bond donors (Lipinski definition) is 1. The van der Waals surface area contributed by atoms with E-state index in [9.17, 15) is 0 Å². The Labute approximate surface area is 107 Å². The predicted molar refractivity (Wildman–Crippen MR) is 71.9 cm³/mol. The summed E-state index contributed by atoms with van der Waals surface area (Å²) in [5, 5.41) is 11.0. The Kier molecular flexibility index (Phi) is 3.50. The molecule has 0 aliphatic heterocycles. The number of hydrogen-bond acceptors (Lipinski definition) is 5. The Balaban J connectivity index is 2.08. The lowest BCUT2D eigenvalue weighted by Crippen LogP contribution is -2.11. The number of rotatable bonds is 4. The molecule has 1 aromatic heterocycles. The van der Waals surface area contributed by atoms with Crippen LogP contribution in [-0.2, 0) is 6.54 Å². The molecular formula is C13H18N4O. The Morgan fingerprint density at radius 3 is 2.61 bits per heavy atom. The van der Waals surface area contributed by atoms with Gasteiger partial charge in [-0.15, -0.1) is 10.2 Å². The van der Waals surface area contributed by atoms with Crippen LogP contribution in [0.1, 0.15) is 17.3 Å². The van der Waals surface area contributed by atoms with Gasteiger partial charge in [0.1, 0.15) is 0 Å². The van der Waals surface area contributed by atoms with E-state index in [1.165, 1.54) is 11.3 Å². The summed E-state index contributed by atoms with van der Waals surface area (Å²) in [5.74, 6) is 1.18. The van der Waals surface area contributed by atoms with Gasteiger partial charge in [0, 0.05) is 32.4 Å². The average molecular weight is 246 g/mol. The van der Waals surface area contributed by atoms with E-state index in [0.717, 1.165) is 5.69 Å². The molecule has 0 radical (unpaired) electrons. The van der Waals surface area contributed by atoms with Crippen molar-refractivity contribution in [3.63, 3.8) is 0 Å². The van der Waals surface area contributed by atoms with Crippen LogP contribution in [0.5, 0.6) is 0 Å². The van der Waals surface area contributed by atoms with Gasteiger partial charge < -0.3 is 14.6 Å². The van der Waals surface area contributed by atoms with Crippen molar-refractivity contribution in [1.29, 1.82) is 0 Å². The van der Waals surface area contributed by atoms with Crippen LogP contribution >= 0.6 is 0 Å². The third kappa shape index (κ3) is 2.80. The minimum Gasteiger partial charge on any atom is -0.424 e. The summed E-state index contributed by atoms with van der Waals surface area (Å²) in [7, 11) is 4.07. The standard InChI is InChI=1S/C13H18N4O/c1-9-5-6-11(7-12(9)17(3)4)14-8-13-16-15-10(2)18-13/h5-7,14H,8H2,1-4H3. The molecule has 5 heteroatoms. The normalized spacial score (nSPS) is 10.4. The molecule has 0 saturated heterocycles. The molecule has 0 saturated carbocycles. The lowest BCUT2D eigenvalue weighted by molar-refractivity contribution is 0.475. The Hall–Kier alpha value is -2.04. The zero-order valence-electron chi connectivity index (χ0n) is 11.2. The fourth-order valence-corrected chi connectivity index (χ4v) is 1.79. The highest BCUT2D eigenvalue weighted by Crippen LogP contribution is 2.22. The van der Waals surface area contributed by atoms with E-state index in [1.54, 1.807) is 6.92 Å². The average Bonchev–Trinajstić information content (AvgIpc) is 2.74. The van der Waals surface area contributed by atoms with Crippen LogP contribution in [0.25, 0.3) is 0 Å². The second kappa shape index (κ2) is 5.08. The lowest BCUT2D eigenvalue weighted by Gasteiger charge is -2.17. The van der Waals surface area contributed by atoms with Gasteiger partial charge in [0.25, 0.3) is 0 Å². The Bertz CT molecular complexity index is 534. The van der Waals surface area contributed by atoms with E-state index < -0.39 is 0 Å². The maximum Gasteiger partial charge on any atom is 0.235 e. The highest BCUT2D eigenvalue weighted by Gasteiger charge is 2.04. The lowest BCUT2D eigenvalue weighted by atomic mass is 10.1. The van der Waals surface area contributed by atoms with Crippen molar-refractivity contribution in [2.75, 3.05) is 24.3 Å². The van der Waals surface area contributed by atoms with Crippen LogP contribution in [0.4, 0.5) is 11.4 Å². The van der Waals surface area contributed by atoms with Crippen LogP contribution in [0, 0.1) is 13.8 Å². The SMILES string of the molecule is Cc1nnc(CNc2ccc(C)c(N(C)C)c2)o1. The number of nitrogens with zero attached hydrogens (tertiary/aromatic N) is 3. The van der Waals surface area contributed by atoms with Gasteiger partial charge in [-0.1, -0.05) is 6.07 Å². The van der Waals surface area contributed by atoms with Crippen molar-refractivity contribution in [2.24, 2.45) is 0 Å². The molecule has 0 bridgehead atoms. The predicted octanol–water partition coefficient (Wildman–Crippen LogP) is 2.36. The highest BCUT2D eigenvalue weighted by atomic mass is 16.4. The van der Waals surface area contributed by atoms with Crippen molar-refractivity contribution in [3.8, 4) is 0 Å². The summed E-state index contributed by atoms with van der Waals surface area (Å²) in [6, 6.07) is 6.25. The zero-order valence-corrected chi connectivity index (χ0v) is 11.2. The van der Waals surface area contributed by atoms with E-state index in [-0.39, 0.29) is 0 Å². The first-order valence-electron chi connectivity index (χ1n) is 5.87.